The van der Waals surface area contributed by atoms with Gasteiger partial charge in [-0.2, -0.15) is 0 Å². The highest BCUT2D eigenvalue weighted by Gasteiger charge is 2.11. The first-order valence-corrected chi connectivity index (χ1v) is 5.90. The fourth-order valence-electron chi connectivity index (χ4n) is 1.97. The number of benzene rings is 2. The number of para-hydroxylation sites is 1. The first kappa shape index (κ1) is 10.3. The second-order valence-corrected chi connectivity index (χ2v) is 4.46. The van der Waals surface area contributed by atoms with E-state index >= 15 is 0 Å². The second kappa shape index (κ2) is 4.20. The average molecular weight is 237 g/mol. The van der Waals surface area contributed by atoms with Crippen LogP contribution in [0.2, 0.25) is 0 Å². The van der Waals surface area contributed by atoms with E-state index in [9.17, 15) is 0 Å². The molecule has 3 rings (SSSR count). The molecule has 0 amide bonds. The van der Waals surface area contributed by atoms with Crippen LogP contribution >= 0.6 is 12.8 Å². The number of fused-ring (bicyclic) bond motifs is 2. The molecule has 0 aliphatic carbocycles. The molecule has 2 aromatic rings. The van der Waals surface area contributed by atoms with Crippen LogP contribution < -0.4 is 4.31 Å². The predicted octanol–water partition coefficient (Wildman–Crippen LogP) is 3.25. The highest BCUT2D eigenvalue weighted by Crippen LogP contribution is 2.25. The fourth-order valence-corrected chi connectivity index (χ4v) is 2.29. The number of hydrogen-bond donors (Lipinski definition) is 1. The van der Waals surface area contributed by atoms with Crippen molar-refractivity contribution in [1.29, 1.82) is 0 Å². The summed E-state index contributed by atoms with van der Waals surface area (Å²) in [6.07, 6.45) is 0. The fraction of sp³-hybridized carbons (Fsp3) is 0.0667. The van der Waals surface area contributed by atoms with E-state index in [4.69, 9.17) is 0 Å². The quantitative estimate of drug-likeness (QED) is 0.544. The molecule has 0 spiro atoms. The summed E-state index contributed by atoms with van der Waals surface area (Å²) in [7, 11) is 0. The molecule has 1 heterocycles. The van der Waals surface area contributed by atoms with E-state index in [-0.39, 0.29) is 0 Å². The summed E-state index contributed by atoms with van der Waals surface area (Å²) in [6.45, 7) is 0.769. The van der Waals surface area contributed by atoms with Gasteiger partial charge in [0.2, 0.25) is 0 Å². The van der Waals surface area contributed by atoms with Gasteiger partial charge in [0.25, 0.3) is 0 Å². The highest BCUT2D eigenvalue weighted by molar-refractivity contribution is 7.81. The maximum atomic E-state index is 4.55. The van der Waals surface area contributed by atoms with Crippen molar-refractivity contribution in [2.24, 2.45) is 0 Å². The van der Waals surface area contributed by atoms with Gasteiger partial charge >= 0.3 is 0 Å². The molecule has 17 heavy (non-hydrogen) atoms. The Bertz CT molecular complexity index is 622. The topological polar surface area (TPSA) is 3.24 Å². The molecule has 82 valence electrons. The number of anilines is 1. The maximum absolute atomic E-state index is 4.55. The van der Waals surface area contributed by atoms with Crippen LogP contribution in [0.15, 0.2) is 48.5 Å². The summed E-state index contributed by atoms with van der Waals surface area (Å²) in [5.41, 5.74) is 4.39. The molecule has 2 aromatic carbocycles. The van der Waals surface area contributed by atoms with Crippen molar-refractivity contribution in [3.8, 4) is 11.8 Å². The highest BCUT2D eigenvalue weighted by atomic mass is 32.1. The summed E-state index contributed by atoms with van der Waals surface area (Å²) >= 11 is 4.55. The van der Waals surface area contributed by atoms with Crippen LogP contribution in [0.4, 0.5) is 5.69 Å². The van der Waals surface area contributed by atoms with Crippen molar-refractivity contribution < 1.29 is 0 Å². The van der Waals surface area contributed by atoms with Gasteiger partial charge in [0, 0.05) is 11.1 Å². The van der Waals surface area contributed by atoms with Crippen molar-refractivity contribution in [2.75, 3.05) is 4.31 Å². The first-order chi connectivity index (χ1) is 8.34. The number of thiol groups is 1. The summed E-state index contributed by atoms with van der Waals surface area (Å²) in [5, 5.41) is 0. The van der Waals surface area contributed by atoms with Crippen molar-refractivity contribution in [3.05, 3.63) is 65.2 Å². The minimum absolute atomic E-state index is 0.769. The zero-order valence-corrected chi connectivity index (χ0v) is 10.1. The monoisotopic (exact) mass is 237 g/mol. The summed E-state index contributed by atoms with van der Waals surface area (Å²) in [6, 6.07) is 16.3. The Morgan fingerprint density at radius 2 is 1.53 bits per heavy atom. The van der Waals surface area contributed by atoms with Crippen LogP contribution in [0.5, 0.6) is 0 Å². The van der Waals surface area contributed by atoms with Crippen LogP contribution in [-0.4, -0.2) is 0 Å². The third kappa shape index (κ3) is 1.90. The van der Waals surface area contributed by atoms with E-state index in [1.807, 2.05) is 40.7 Å². The van der Waals surface area contributed by atoms with Gasteiger partial charge in [-0.25, -0.2) is 0 Å². The van der Waals surface area contributed by atoms with Crippen molar-refractivity contribution in [2.45, 2.75) is 6.54 Å². The van der Waals surface area contributed by atoms with Gasteiger partial charge in [-0.1, -0.05) is 55.0 Å². The molecule has 2 heteroatoms. The maximum Gasteiger partial charge on any atom is 0.0628 e. The van der Waals surface area contributed by atoms with E-state index in [2.05, 4.69) is 36.8 Å². The normalized spacial score (nSPS) is 12.6. The lowest BCUT2D eigenvalue weighted by atomic mass is 10.0. The molecule has 0 aromatic heterocycles. The predicted molar refractivity (Wildman–Crippen MR) is 74.0 cm³/mol. The van der Waals surface area contributed by atoms with Crippen LogP contribution in [0.25, 0.3) is 0 Å². The number of nitrogens with zero attached hydrogens (tertiary/aromatic N) is 1. The Balaban J connectivity index is 2.20. The Hall–Kier alpha value is -1.85. The minimum Gasteiger partial charge on any atom is -0.313 e. The molecule has 0 saturated carbocycles. The minimum atomic E-state index is 0.769. The Morgan fingerprint density at radius 3 is 2.41 bits per heavy atom. The lowest BCUT2D eigenvalue weighted by Crippen LogP contribution is -2.13. The third-order valence-electron chi connectivity index (χ3n) is 2.85. The molecular formula is C15H11NS. The Kier molecular flexibility index (Phi) is 2.55. The van der Waals surface area contributed by atoms with Gasteiger partial charge in [-0.05, 0) is 23.8 Å². The SMILES string of the molecule is SN1Cc2ccccc2C#Cc2ccccc21. The van der Waals surface area contributed by atoms with E-state index < -0.39 is 0 Å². The standard InChI is InChI=1S/C15H11NS/c17-16-11-14-7-2-1-5-12(14)9-10-13-6-3-4-8-15(13)16/h1-8,17H,11H2. The molecule has 0 unspecified atom stereocenters. The van der Waals surface area contributed by atoms with Crippen molar-refractivity contribution in [1.82, 2.24) is 0 Å². The third-order valence-corrected chi connectivity index (χ3v) is 3.21. The zero-order chi connectivity index (χ0) is 11.7. The van der Waals surface area contributed by atoms with E-state index in [0.29, 0.717) is 0 Å². The number of rotatable bonds is 0. The van der Waals surface area contributed by atoms with Crippen molar-refractivity contribution >= 4 is 18.5 Å². The number of hydrogen-bond acceptors (Lipinski definition) is 2. The Labute approximate surface area is 107 Å². The van der Waals surface area contributed by atoms with E-state index in [1.54, 1.807) is 0 Å². The lowest BCUT2D eigenvalue weighted by Gasteiger charge is -2.21. The molecule has 0 fully saturated rings. The van der Waals surface area contributed by atoms with Gasteiger partial charge in [0.05, 0.1) is 12.2 Å². The van der Waals surface area contributed by atoms with E-state index in [1.165, 1.54) is 5.56 Å². The van der Waals surface area contributed by atoms with Crippen molar-refractivity contribution in [3.63, 3.8) is 0 Å². The van der Waals surface area contributed by atoms with Gasteiger partial charge in [0.15, 0.2) is 0 Å². The average Bonchev–Trinajstić information content (AvgIpc) is 2.36. The molecule has 0 saturated heterocycles. The summed E-state index contributed by atoms with van der Waals surface area (Å²) in [4.78, 5) is 0. The molecule has 1 nitrogen and oxygen atoms in total. The molecule has 0 atom stereocenters. The largest absolute Gasteiger partial charge is 0.313 e. The van der Waals surface area contributed by atoms with Crippen LogP contribution in [0.3, 0.4) is 0 Å². The lowest BCUT2D eigenvalue weighted by molar-refractivity contribution is 1.05. The molecule has 1 aliphatic heterocycles. The van der Waals surface area contributed by atoms with Crippen LogP contribution in [0.1, 0.15) is 16.7 Å². The van der Waals surface area contributed by atoms with Crippen LogP contribution in [0, 0.1) is 11.8 Å². The second-order valence-electron chi connectivity index (χ2n) is 3.98. The molecule has 0 radical (unpaired) electrons. The molecule has 1 aliphatic rings. The zero-order valence-electron chi connectivity index (χ0n) is 9.22. The summed E-state index contributed by atoms with van der Waals surface area (Å²) in [5.74, 6) is 6.44. The van der Waals surface area contributed by atoms with Crippen LogP contribution in [-0.2, 0) is 6.54 Å². The van der Waals surface area contributed by atoms with Gasteiger partial charge in [0.1, 0.15) is 0 Å². The molecular weight excluding hydrogens is 226 g/mol. The van der Waals surface area contributed by atoms with Gasteiger partial charge in [-0.3, -0.25) is 0 Å². The van der Waals surface area contributed by atoms with E-state index in [0.717, 1.165) is 23.4 Å². The molecule has 0 bridgehead atoms. The van der Waals surface area contributed by atoms with Gasteiger partial charge < -0.3 is 4.31 Å². The summed E-state index contributed by atoms with van der Waals surface area (Å²) < 4.78 is 1.95. The van der Waals surface area contributed by atoms with Gasteiger partial charge in [-0.15, -0.1) is 0 Å². The molecule has 0 N–H and O–H groups in total. The Morgan fingerprint density at radius 1 is 0.882 bits per heavy atom. The first-order valence-electron chi connectivity index (χ1n) is 5.50. The smallest absolute Gasteiger partial charge is 0.0628 e.